The number of nitrogens with zero attached hydrogens (tertiary/aromatic N) is 1. The zero-order chi connectivity index (χ0) is 16.8. The lowest BCUT2D eigenvalue weighted by Gasteiger charge is -2.09. The molecule has 118 valence electrons. The first-order valence-electron chi connectivity index (χ1n) is 7.85. The van der Waals surface area contributed by atoms with Crippen LogP contribution >= 0.6 is 0 Å². The minimum Gasteiger partial charge on any atom is -0.292 e. The van der Waals surface area contributed by atoms with E-state index in [0.29, 0.717) is 5.56 Å². The van der Waals surface area contributed by atoms with Crippen molar-refractivity contribution >= 4 is 11.6 Å². The van der Waals surface area contributed by atoms with Gasteiger partial charge in [0.1, 0.15) is 0 Å². The molecule has 2 aromatic carbocycles. The number of benzene rings is 2. The van der Waals surface area contributed by atoms with Gasteiger partial charge in [0.15, 0.2) is 0 Å². The van der Waals surface area contributed by atoms with Gasteiger partial charge in [0.2, 0.25) is 0 Å². The summed E-state index contributed by atoms with van der Waals surface area (Å²) in [6.45, 7) is 0. The molecule has 0 spiro atoms. The molecule has 1 aliphatic carbocycles. The first kappa shape index (κ1) is 15.8. The second-order valence-corrected chi connectivity index (χ2v) is 5.67. The fourth-order valence-corrected chi connectivity index (χ4v) is 2.94. The Hall–Kier alpha value is -3.09. The van der Waals surface area contributed by atoms with Gasteiger partial charge in [-0.2, -0.15) is 5.26 Å². The molecule has 0 aromatic heterocycles. The van der Waals surface area contributed by atoms with E-state index in [4.69, 9.17) is 5.21 Å². The van der Waals surface area contributed by atoms with E-state index in [9.17, 15) is 5.26 Å². The molecule has 2 N–H and O–H groups in total. The molecule has 0 unspecified atom stereocenters. The Bertz CT molecular complexity index is 855. The van der Waals surface area contributed by atoms with Crippen LogP contribution in [0.5, 0.6) is 0 Å². The van der Waals surface area contributed by atoms with Gasteiger partial charge in [-0.3, -0.25) is 10.7 Å². The van der Waals surface area contributed by atoms with Crippen LogP contribution in [0.4, 0.5) is 0 Å². The maximum Gasteiger partial charge on any atom is 0.0998 e. The summed E-state index contributed by atoms with van der Waals surface area (Å²) in [5.74, 6) is 0. The van der Waals surface area contributed by atoms with E-state index in [1.54, 1.807) is 6.20 Å². The van der Waals surface area contributed by atoms with Gasteiger partial charge in [-0.15, -0.1) is 0 Å². The van der Waals surface area contributed by atoms with Crippen LogP contribution in [0.1, 0.15) is 28.7 Å². The Morgan fingerprint density at radius 3 is 2.71 bits per heavy atom. The first-order chi connectivity index (χ1) is 11.8. The van der Waals surface area contributed by atoms with Crippen LogP contribution in [-0.4, -0.2) is 5.21 Å². The minimum absolute atomic E-state index is 0.709. The van der Waals surface area contributed by atoms with Gasteiger partial charge in [-0.25, -0.2) is 0 Å². The summed E-state index contributed by atoms with van der Waals surface area (Å²) in [6, 6.07) is 18.0. The highest BCUT2D eigenvalue weighted by molar-refractivity contribution is 5.75. The monoisotopic (exact) mass is 314 g/mol. The summed E-state index contributed by atoms with van der Waals surface area (Å²) in [7, 11) is 0. The third-order valence-electron chi connectivity index (χ3n) is 4.09. The fourth-order valence-electron chi connectivity index (χ4n) is 2.94. The molecule has 0 bridgehead atoms. The molecule has 0 fully saturated rings. The van der Waals surface area contributed by atoms with Gasteiger partial charge < -0.3 is 0 Å². The van der Waals surface area contributed by atoms with Crippen LogP contribution in [-0.2, 0) is 6.42 Å². The van der Waals surface area contributed by atoms with Crippen molar-refractivity contribution in [1.82, 2.24) is 5.48 Å². The number of allylic oxidation sites excluding steroid dienone is 4. The lowest BCUT2D eigenvalue weighted by molar-refractivity contribution is 0.215. The molecule has 0 amide bonds. The highest BCUT2D eigenvalue weighted by Crippen LogP contribution is 2.27. The molecule has 2 aromatic rings. The normalized spacial score (nSPS) is 15.5. The van der Waals surface area contributed by atoms with Crippen molar-refractivity contribution in [1.29, 1.82) is 5.26 Å². The summed E-state index contributed by atoms with van der Waals surface area (Å²) in [5, 5.41) is 18.4. The minimum atomic E-state index is 0.709. The quantitative estimate of drug-likeness (QED) is 0.822. The van der Waals surface area contributed by atoms with E-state index in [1.807, 2.05) is 48.5 Å². The molecule has 3 nitrogen and oxygen atoms in total. The van der Waals surface area contributed by atoms with E-state index in [-0.39, 0.29) is 0 Å². The van der Waals surface area contributed by atoms with Crippen LogP contribution in [0.15, 0.2) is 72.5 Å². The molecule has 1 aliphatic rings. The second kappa shape index (κ2) is 7.45. The Morgan fingerprint density at radius 1 is 1.12 bits per heavy atom. The molecular weight excluding hydrogens is 296 g/mol. The number of nitrogens with one attached hydrogen (secondary N) is 1. The number of hydroxylamine groups is 1. The summed E-state index contributed by atoms with van der Waals surface area (Å²) in [5.41, 5.74) is 8.19. The van der Waals surface area contributed by atoms with Crippen LogP contribution in [0.25, 0.3) is 11.6 Å². The van der Waals surface area contributed by atoms with E-state index in [2.05, 4.69) is 29.8 Å². The highest BCUT2D eigenvalue weighted by Gasteiger charge is 2.11. The third kappa shape index (κ3) is 3.45. The van der Waals surface area contributed by atoms with Crippen molar-refractivity contribution in [2.75, 3.05) is 0 Å². The van der Waals surface area contributed by atoms with Crippen molar-refractivity contribution in [3.63, 3.8) is 0 Å². The van der Waals surface area contributed by atoms with E-state index < -0.39 is 0 Å². The molecule has 0 saturated heterocycles. The topological polar surface area (TPSA) is 56.0 Å². The molecule has 3 rings (SSSR count). The van der Waals surface area contributed by atoms with Crippen molar-refractivity contribution in [2.24, 2.45) is 0 Å². The van der Waals surface area contributed by atoms with Crippen LogP contribution in [0.2, 0.25) is 0 Å². The molecule has 0 radical (unpaired) electrons. The molecule has 0 saturated carbocycles. The summed E-state index contributed by atoms with van der Waals surface area (Å²) < 4.78 is 0. The van der Waals surface area contributed by atoms with Gasteiger partial charge in [0.25, 0.3) is 0 Å². The zero-order valence-corrected chi connectivity index (χ0v) is 13.2. The maximum atomic E-state index is 9.27. The second-order valence-electron chi connectivity index (χ2n) is 5.67. The fraction of sp³-hybridized carbons (Fsp3) is 0.0952. The smallest absolute Gasteiger partial charge is 0.0998 e. The van der Waals surface area contributed by atoms with Crippen LogP contribution < -0.4 is 5.48 Å². The van der Waals surface area contributed by atoms with Crippen LogP contribution in [0.3, 0.4) is 0 Å². The molecular formula is C21H18N2O. The van der Waals surface area contributed by atoms with Gasteiger partial charge in [0, 0.05) is 6.20 Å². The molecule has 0 atom stereocenters. The molecule has 0 heterocycles. The summed E-state index contributed by atoms with van der Waals surface area (Å²) in [4.78, 5) is 0. The largest absolute Gasteiger partial charge is 0.292 e. The molecule has 0 aliphatic heterocycles. The summed E-state index contributed by atoms with van der Waals surface area (Å²) in [6.07, 6.45) is 9.40. The lowest BCUT2D eigenvalue weighted by Crippen LogP contribution is -1.98. The number of hydrogen-bond donors (Lipinski definition) is 2. The van der Waals surface area contributed by atoms with Crippen molar-refractivity contribution in [2.45, 2.75) is 12.8 Å². The van der Waals surface area contributed by atoms with E-state index in [1.165, 1.54) is 5.57 Å². The van der Waals surface area contributed by atoms with Gasteiger partial charge in [-0.1, -0.05) is 66.3 Å². The number of fused-ring (bicyclic) bond motifs is 1. The number of rotatable bonds is 3. The van der Waals surface area contributed by atoms with E-state index in [0.717, 1.165) is 35.1 Å². The van der Waals surface area contributed by atoms with Crippen molar-refractivity contribution in [3.8, 4) is 6.07 Å². The predicted octanol–water partition coefficient (Wildman–Crippen LogP) is 4.46. The van der Waals surface area contributed by atoms with Crippen molar-refractivity contribution in [3.05, 3.63) is 94.7 Å². The Labute approximate surface area is 141 Å². The average Bonchev–Trinajstić information content (AvgIpc) is 2.83. The van der Waals surface area contributed by atoms with Gasteiger partial charge in [-0.05, 0) is 41.2 Å². The van der Waals surface area contributed by atoms with Crippen molar-refractivity contribution < 1.29 is 5.21 Å². The predicted molar refractivity (Wildman–Crippen MR) is 95.9 cm³/mol. The number of nitriles is 1. The average molecular weight is 314 g/mol. The zero-order valence-electron chi connectivity index (χ0n) is 13.2. The Kier molecular flexibility index (Phi) is 4.90. The Balaban J connectivity index is 1.97. The molecule has 24 heavy (non-hydrogen) atoms. The summed E-state index contributed by atoms with van der Waals surface area (Å²) >= 11 is 0. The van der Waals surface area contributed by atoms with Gasteiger partial charge >= 0.3 is 0 Å². The van der Waals surface area contributed by atoms with Gasteiger partial charge in [0.05, 0.1) is 11.6 Å². The molecule has 3 heteroatoms. The maximum absolute atomic E-state index is 9.27. The van der Waals surface area contributed by atoms with E-state index >= 15 is 0 Å². The van der Waals surface area contributed by atoms with Crippen LogP contribution in [0, 0.1) is 11.3 Å². The Morgan fingerprint density at radius 2 is 1.96 bits per heavy atom. The first-order valence-corrected chi connectivity index (χ1v) is 7.85. The SMILES string of the molecule is N#Cc1cccc2c1C=CC/C(=C\C(=C/NO)c1ccccc1)C2. The standard InChI is InChI=1S/C21H18N2O/c22-14-19-10-5-9-18-12-16(6-4-11-21(18)19)13-20(15-23-24)17-7-2-1-3-8-17/h1-5,7-11,13,15,23-24H,6,12H2/b16-13+,20-15+. The lowest BCUT2D eigenvalue weighted by atomic mass is 9.95. The number of hydrogen-bond acceptors (Lipinski definition) is 3. The third-order valence-corrected chi connectivity index (χ3v) is 4.09. The highest BCUT2D eigenvalue weighted by atomic mass is 16.5.